The van der Waals surface area contributed by atoms with Gasteiger partial charge < -0.3 is 24.1 Å². The zero-order chi connectivity index (χ0) is 46.6. The number of aliphatic hydroxyl groups excluding tert-OH is 1. The third-order valence-corrected chi connectivity index (χ3v) is 12.2. The molecule has 0 heterocycles. The van der Waals surface area contributed by atoms with Crippen LogP contribution in [0.3, 0.4) is 0 Å². The summed E-state index contributed by atoms with van der Waals surface area (Å²) in [5.41, 5.74) is 0. The molecule has 0 radical (unpaired) electrons. The minimum atomic E-state index is -1.65. The van der Waals surface area contributed by atoms with Gasteiger partial charge in [-0.3, -0.25) is 19.2 Å². The summed E-state index contributed by atoms with van der Waals surface area (Å²) in [6, 6.07) is 9.23. The second-order valence-electron chi connectivity index (χ2n) is 17.2. The number of unbranched alkanes of at least 4 members (excludes halogenated alkanes) is 24. The van der Waals surface area contributed by atoms with Crippen molar-refractivity contribution >= 4 is 58.5 Å². The van der Waals surface area contributed by atoms with Crippen LogP contribution in [0.25, 0.3) is 0 Å². The van der Waals surface area contributed by atoms with Crippen LogP contribution in [0.4, 0.5) is 0 Å². The van der Waals surface area contributed by atoms with Crippen molar-refractivity contribution in [3.63, 3.8) is 0 Å². The van der Waals surface area contributed by atoms with Gasteiger partial charge >= 0.3 is 17.9 Å². The van der Waals surface area contributed by atoms with E-state index in [2.05, 4.69) is 13.8 Å². The number of aliphatic hydroxyl groups is 1. The van der Waals surface area contributed by atoms with Crippen LogP contribution in [0.5, 0.6) is 17.2 Å². The summed E-state index contributed by atoms with van der Waals surface area (Å²) in [5.74, 6) is -1.81. The van der Waals surface area contributed by atoms with E-state index in [1.807, 2.05) is 0 Å². The van der Waals surface area contributed by atoms with Crippen LogP contribution in [-0.4, -0.2) is 47.6 Å². The topological polar surface area (TPSA) is 125 Å². The fourth-order valence-corrected chi connectivity index (χ4v) is 8.11. The summed E-state index contributed by atoms with van der Waals surface area (Å²) < 4.78 is 22.4. The Hall–Kier alpha value is -2.85. The van der Waals surface area contributed by atoms with Gasteiger partial charge in [-0.15, -0.1) is 0 Å². The van der Waals surface area contributed by atoms with Crippen molar-refractivity contribution in [3.8, 4) is 17.2 Å². The molecular formula is C52H79Cl3O9. The van der Waals surface area contributed by atoms with Crippen molar-refractivity contribution in [1.82, 2.24) is 0 Å². The molecule has 0 saturated carbocycles. The molecule has 9 nitrogen and oxygen atoms in total. The summed E-state index contributed by atoms with van der Waals surface area (Å²) >= 11 is 18.4. The largest absolute Gasteiger partial charge is 0.462 e. The molecule has 0 aliphatic heterocycles. The molecule has 2 unspecified atom stereocenters. The molecule has 0 fully saturated rings. The van der Waals surface area contributed by atoms with Crippen molar-refractivity contribution in [2.24, 2.45) is 0 Å². The molecule has 0 amide bonds. The Bertz CT molecular complexity index is 1590. The fraction of sp³-hybridized carbons (Fsp3) is 0.692. The van der Waals surface area contributed by atoms with E-state index in [4.69, 9.17) is 53.8 Å². The van der Waals surface area contributed by atoms with Crippen LogP contribution in [0.1, 0.15) is 213 Å². The lowest BCUT2D eigenvalue weighted by Crippen LogP contribution is -2.41. The van der Waals surface area contributed by atoms with Crippen LogP contribution in [0, 0.1) is 0 Å². The molecule has 2 rings (SSSR count). The highest BCUT2D eigenvalue weighted by Gasteiger charge is 2.30. The van der Waals surface area contributed by atoms with Crippen LogP contribution in [0.2, 0.25) is 15.1 Å². The number of ketones is 1. The van der Waals surface area contributed by atoms with E-state index in [-0.39, 0.29) is 48.6 Å². The number of carbonyl (C=O) groups excluding carboxylic acids is 4. The van der Waals surface area contributed by atoms with E-state index in [1.54, 1.807) is 18.2 Å². The average molecular weight is 955 g/mol. The Morgan fingerprint density at radius 3 is 1.41 bits per heavy atom. The second-order valence-corrected chi connectivity index (χ2v) is 18.5. The van der Waals surface area contributed by atoms with Crippen molar-refractivity contribution < 1.29 is 43.2 Å². The summed E-state index contributed by atoms with van der Waals surface area (Å²) in [6.07, 6.45) is 27.6. The summed E-state index contributed by atoms with van der Waals surface area (Å²) in [5, 5.41) is 12.1. The number of halogens is 3. The zero-order valence-corrected chi connectivity index (χ0v) is 41.4. The van der Waals surface area contributed by atoms with Gasteiger partial charge in [0.1, 0.15) is 12.4 Å². The first kappa shape index (κ1) is 57.3. The zero-order valence-electron chi connectivity index (χ0n) is 39.1. The van der Waals surface area contributed by atoms with Crippen molar-refractivity contribution in [2.75, 3.05) is 6.61 Å². The van der Waals surface area contributed by atoms with Gasteiger partial charge in [0.05, 0.1) is 5.02 Å². The molecule has 0 aromatic heterocycles. The monoisotopic (exact) mass is 952 g/mol. The first-order chi connectivity index (χ1) is 31.0. The SMILES string of the molecule is CCCCCCCCCCCCCCCC(=O)OCC(OC(=O)CCCC(=O)Oc1cc(Cl)ccc1Oc1ccc(Cl)cc1Cl)C(O)C(=O)CCCCCCCCCCCCCCC. The molecule has 2 aromatic rings. The maximum atomic E-state index is 13.1. The lowest BCUT2D eigenvalue weighted by molar-refractivity contribution is -0.169. The highest BCUT2D eigenvalue weighted by atomic mass is 35.5. The highest BCUT2D eigenvalue weighted by Crippen LogP contribution is 2.38. The molecule has 1 N–H and O–H groups in total. The Labute approximate surface area is 400 Å². The summed E-state index contributed by atoms with van der Waals surface area (Å²) in [6.45, 7) is 4.04. The maximum absolute atomic E-state index is 13.1. The molecule has 0 spiro atoms. The predicted molar refractivity (Wildman–Crippen MR) is 260 cm³/mol. The number of Topliss-reactive ketones (excluding diaryl/α,β-unsaturated/α-hetero) is 1. The van der Waals surface area contributed by atoms with E-state index in [0.717, 1.165) is 38.5 Å². The molecule has 0 bridgehead atoms. The number of benzene rings is 2. The molecule has 12 heteroatoms. The number of hydrogen-bond donors (Lipinski definition) is 1. The van der Waals surface area contributed by atoms with E-state index in [9.17, 15) is 24.3 Å². The van der Waals surface area contributed by atoms with Crippen molar-refractivity contribution in [1.29, 1.82) is 0 Å². The van der Waals surface area contributed by atoms with Gasteiger partial charge in [-0.05, 0) is 49.6 Å². The van der Waals surface area contributed by atoms with E-state index < -0.39 is 42.5 Å². The molecule has 2 atom stereocenters. The van der Waals surface area contributed by atoms with Crippen LogP contribution >= 0.6 is 34.8 Å². The first-order valence-electron chi connectivity index (χ1n) is 24.7. The quantitative estimate of drug-likeness (QED) is 0.0395. The molecule has 0 aliphatic carbocycles. The van der Waals surface area contributed by atoms with Gasteiger partial charge in [-0.1, -0.05) is 203 Å². The number of carbonyl (C=O) groups is 4. The lowest BCUT2D eigenvalue weighted by atomic mass is 10.0. The highest BCUT2D eigenvalue weighted by molar-refractivity contribution is 6.35. The van der Waals surface area contributed by atoms with E-state index in [0.29, 0.717) is 28.6 Å². The normalized spacial score (nSPS) is 12.2. The average Bonchev–Trinajstić information content (AvgIpc) is 3.27. The molecule has 64 heavy (non-hydrogen) atoms. The molecule has 2 aromatic carbocycles. The minimum Gasteiger partial charge on any atom is -0.462 e. The van der Waals surface area contributed by atoms with E-state index in [1.165, 1.54) is 134 Å². The summed E-state index contributed by atoms with van der Waals surface area (Å²) in [7, 11) is 0. The predicted octanol–water partition coefficient (Wildman–Crippen LogP) is 15.9. The molecular weight excluding hydrogens is 875 g/mol. The van der Waals surface area contributed by atoms with Gasteiger partial charge in [-0.2, -0.15) is 0 Å². The number of esters is 3. The van der Waals surface area contributed by atoms with Gasteiger partial charge in [-0.25, -0.2) is 0 Å². The third kappa shape index (κ3) is 28.2. The maximum Gasteiger partial charge on any atom is 0.311 e. The van der Waals surface area contributed by atoms with Gasteiger partial charge in [0.25, 0.3) is 0 Å². The lowest BCUT2D eigenvalue weighted by Gasteiger charge is -2.22. The molecule has 0 saturated heterocycles. The fourth-order valence-electron chi connectivity index (χ4n) is 7.50. The number of ether oxygens (including phenoxy) is 4. The minimum absolute atomic E-state index is 0.0476. The third-order valence-electron chi connectivity index (χ3n) is 11.4. The molecule has 362 valence electrons. The Balaban J connectivity index is 1.82. The van der Waals surface area contributed by atoms with Crippen molar-refractivity contribution in [3.05, 3.63) is 51.5 Å². The van der Waals surface area contributed by atoms with Crippen LogP contribution in [0.15, 0.2) is 36.4 Å². The van der Waals surface area contributed by atoms with E-state index >= 15 is 0 Å². The second kappa shape index (κ2) is 37.3. The number of rotatable bonds is 40. The standard InChI is InChI=1S/C52H79Cl3O9/c1-3-5-7-9-11-13-15-17-19-21-23-25-27-30-44(56)52(60)48(40-61-49(57)31-28-26-24-22-20-18-16-14-12-10-8-6-4-2)64-51(59)33-29-32-50(58)63-47-39-42(54)35-37-46(47)62-45-36-34-41(53)38-43(45)55/h34-39,48,52,60H,3-33,40H2,1-2H3. The summed E-state index contributed by atoms with van der Waals surface area (Å²) in [4.78, 5) is 51.7. The first-order valence-corrected chi connectivity index (χ1v) is 25.9. The molecule has 0 aliphatic rings. The van der Waals surface area contributed by atoms with Crippen LogP contribution in [-0.2, 0) is 28.7 Å². The van der Waals surface area contributed by atoms with Gasteiger partial charge in [0, 0.05) is 41.8 Å². The number of hydrogen-bond acceptors (Lipinski definition) is 9. The van der Waals surface area contributed by atoms with Crippen molar-refractivity contribution in [2.45, 2.75) is 225 Å². The van der Waals surface area contributed by atoms with Gasteiger partial charge in [0.2, 0.25) is 0 Å². The van der Waals surface area contributed by atoms with Crippen LogP contribution < -0.4 is 9.47 Å². The Morgan fingerprint density at radius 2 is 0.906 bits per heavy atom. The Kier molecular flexibility index (Phi) is 33.3. The smallest absolute Gasteiger partial charge is 0.311 e. The Morgan fingerprint density at radius 1 is 0.484 bits per heavy atom. The van der Waals surface area contributed by atoms with Gasteiger partial charge in [0.15, 0.2) is 29.5 Å².